The first-order chi connectivity index (χ1) is 13.8. The number of aldehydes is 1. The molecule has 1 aliphatic heterocycles. The minimum Gasteiger partial charge on any atom is -0.311 e. The molecule has 28 heavy (non-hydrogen) atoms. The van der Waals surface area contributed by atoms with Crippen molar-refractivity contribution in [2.45, 2.75) is 11.1 Å². The van der Waals surface area contributed by atoms with Crippen molar-refractivity contribution < 1.29 is 4.79 Å². The molecule has 1 N–H and O–H groups in total. The summed E-state index contributed by atoms with van der Waals surface area (Å²) in [5.41, 5.74) is 6.87. The smallest absolute Gasteiger partial charge is 0.149 e. The minimum absolute atomic E-state index is 0.364. The molecule has 136 valence electrons. The third-order valence-corrected chi connectivity index (χ3v) is 5.86. The molecule has 1 aliphatic rings. The van der Waals surface area contributed by atoms with E-state index < -0.39 is 0 Å². The molecule has 0 fully saturated rings. The van der Waals surface area contributed by atoms with Gasteiger partial charge in [-0.3, -0.25) is 4.79 Å². The van der Waals surface area contributed by atoms with Gasteiger partial charge in [0.25, 0.3) is 0 Å². The quantitative estimate of drug-likeness (QED) is 0.538. The standard InChI is InChI=1S/C21H15N5OS/c27-11-17-19(25-26-12-22-23-13-26)16-10-15-8-4-5-9-18(15)24-21(16)28-20(17)14-6-2-1-3-7-14/h1-13,19,25H. The fraction of sp³-hybridized carbons (Fsp3) is 0.0476. The van der Waals surface area contributed by atoms with Crippen LogP contribution in [0.3, 0.4) is 0 Å². The van der Waals surface area contributed by atoms with E-state index in [0.717, 1.165) is 38.2 Å². The lowest BCUT2D eigenvalue weighted by atomic mass is 9.97. The van der Waals surface area contributed by atoms with E-state index in [1.165, 1.54) is 11.8 Å². The van der Waals surface area contributed by atoms with E-state index in [1.54, 1.807) is 17.3 Å². The summed E-state index contributed by atoms with van der Waals surface area (Å²) in [5, 5.41) is 9.61. The second kappa shape index (κ2) is 6.94. The van der Waals surface area contributed by atoms with Crippen LogP contribution in [0, 0.1) is 0 Å². The van der Waals surface area contributed by atoms with Crippen LogP contribution in [0.2, 0.25) is 0 Å². The zero-order valence-corrected chi connectivity index (χ0v) is 15.5. The van der Waals surface area contributed by atoms with E-state index in [9.17, 15) is 4.79 Å². The van der Waals surface area contributed by atoms with Crippen molar-refractivity contribution in [2.75, 3.05) is 5.43 Å². The van der Waals surface area contributed by atoms with Gasteiger partial charge in [0.05, 0.1) is 11.6 Å². The van der Waals surface area contributed by atoms with Gasteiger partial charge in [0, 0.05) is 21.4 Å². The Labute approximate surface area is 165 Å². The van der Waals surface area contributed by atoms with Gasteiger partial charge >= 0.3 is 0 Å². The van der Waals surface area contributed by atoms with Crippen molar-refractivity contribution in [1.29, 1.82) is 0 Å². The molecule has 0 radical (unpaired) electrons. The molecule has 5 rings (SSSR count). The summed E-state index contributed by atoms with van der Waals surface area (Å²) in [6.45, 7) is 0. The lowest BCUT2D eigenvalue weighted by Crippen LogP contribution is -2.25. The molecule has 0 saturated heterocycles. The Morgan fingerprint density at radius 1 is 1.00 bits per heavy atom. The SMILES string of the molecule is O=CC1=C(c2ccccc2)Sc2nc3ccccc3cc2C1Nn1cnnc1. The molecule has 3 heterocycles. The highest BCUT2D eigenvalue weighted by Crippen LogP contribution is 2.47. The van der Waals surface area contributed by atoms with E-state index in [1.807, 2.05) is 54.6 Å². The second-order valence-corrected chi connectivity index (χ2v) is 7.38. The molecule has 0 bridgehead atoms. The van der Waals surface area contributed by atoms with Gasteiger partial charge in [-0.1, -0.05) is 60.3 Å². The van der Waals surface area contributed by atoms with Crippen LogP contribution in [0.25, 0.3) is 15.8 Å². The minimum atomic E-state index is -0.364. The van der Waals surface area contributed by atoms with Gasteiger partial charge < -0.3 is 5.43 Å². The topological polar surface area (TPSA) is 72.7 Å². The fourth-order valence-corrected chi connectivity index (χ4v) is 4.52. The number of carbonyl (C=O) groups excluding carboxylic acids is 1. The highest BCUT2D eigenvalue weighted by molar-refractivity contribution is 8.08. The zero-order chi connectivity index (χ0) is 18.9. The number of benzene rings is 2. The van der Waals surface area contributed by atoms with Crippen molar-refractivity contribution >= 4 is 33.9 Å². The molecule has 1 atom stereocenters. The Morgan fingerprint density at radius 3 is 2.54 bits per heavy atom. The van der Waals surface area contributed by atoms with Crippen molar-refractivity contribution in [3.63, 3.8) is 0 Å². The van der Waals surface area contributed by atoms with Crippen LogP contribution >= 0.6 is 11.8 Å². The third kappa shape index (κ3) is 2.86. The zero-order valence-electron chi connectivity index (χ0n) is 14.7. The Balaban J connectivity index is 1.72. The van der Waals surface area contributed by atoms with Gasteiger partial charge in [0.15, 0.2) is 0 Å². The molecule has 2 aromatic heterocycles. The number of para-hydroxylation sites is 1. The maximum atomic E-state index is 12.2. The Bertz CT molecular complexity index is 1190. The van der Waals surface area contributed by atoms with E-state index >= 15 is 0 Å². The predicted molar refractivity (Wildman–Crippen MR) is 109 cm³/mol. The molecule has 1 unspecified atom stereocenters. The number of carbonyl (C=O) groups is 1. The van der Waals surface area contributed by atoms with Crippen molar-refractivity contribution in [3.8, 4) is 0 Å². The Kier molecular flexibility index (Phi) is 4.14. The second-order valence-electron chi connectivity index (χ2n) is 6.38. The van der Waals surface area contributed by atoms with Crippen LogP contribution in [-0.2, 0) is 4.79 Å². The first kappa shape index (κ1) is 16.7. The van der Waals surface area contributed by atoms with Crippen molar-refractivity contribution in [1.82, 2.24) is 19.9 Å². The summed E-state index contributed by atoms with van der Waals surface area (Å²) >= 11 is 1.53. The van der Waals surface area contributed by atoms with Crippen LogP contribution in [0.5, 0.6) is 0 Å². The van der Waals surface area contributed by atoms with E-state index in [0.29, 0.717) is 5.57 Å². The molecule has 0 amide bonds. The normalized spacial score (nSPS) is 16.1. The number of hydrogen-bond acceptors (Lipinski definition) is 6. The molecular formula is C21H15N5OS. The molecule has 0 saturated carbocycles. The van der Waals surface area contributed by atoms with E-state index in [-0.39, 0.29) is 6.04 Å². The van der Waals surface area contributed by atoms with Crippen molar-refractivity contribution in [2.24, 2.45) is 0 Å². The number of rotatable bonds is 4. The number of hydrogen-bond donors (Lipinski definition) is 1. The summed E-state index contributed by atoms with van der Waals surface area (Å²) in [7, 11) is 0. The molecule has 0 spiro atoms. The Hall–Kier alpha value is -3.45. The van der Waals surface area contributed by atoms with Crippen LogP contribution < -0.4 is 5.43 Å². The highest BCUT2D eigenvalue weighted by Gasteiger charge is 2.31. The van der Waals surface area contributed by atoms with E-state index in [4.69, 9.17) is 4.98 Å². The van der Waals surface area contributed by atoms with Gasteiger partial charge in [-0.25, -0.2) is 9.66 Å². The number of nitrogens with one attached hydrogen (secondary N) is 1. The van der Waals surface area contributed by atoms with Crippen LogP contribution in [0.4, 0.5) is 0 Å². The lowest BCUT2D eigenvalue weighted by molar-refractivity contribution is -0.105. The number of aromatic nitrogens is 4. The molecule has 6 nitrogen and oxygen atoms in total. The summed E-state index contributed by atoms with van der Waals surface area (Å²) < 4.78 is 1.66. The van der Waals surface area contributed by atoms with Crippen LogP contribution in [0.15, 0.2) is 83.9 Å². The van der Waals surface area contributed by atoms with Gasteiger partial charge in [0.1, 0.15) is 24.0 Å². The largest absolute Gasteiger partial charge is 0.311 e. The number of pyridine rings is 1. The fourth-order valence-electron chi connectivity index (χ4n) is 3.35. The van der Waals surface area contributed by atoms with E-state index in [2.05, 4.69) is 21.7 Å². The summed E-state index contributed by atoms with van der Waals surface area (Å²) in [4.78, 5) is 18.0. The average molecular weight is 385 g/mol. The predicted octanol–water partition coefficient (Wildman–Crippen LogP) is 3.83. The Morgan fingerprint density at radius 2 is 1.75 bits per heavy atom. The summed E-state index contributed by atoms with van der Waals surface area (Å²) in [6.07, 6.45) is 4.07. The first-order valence-electron chi connectivity index (χ1n) is 8.77. The molecule has 0 aliphatic carbocycles. The summed E-state index contributed by atoms with van der Waals surface area (Å²) in [6, 6.07) is 19.6. The maximum absolute atomic E-state index is 12.2. The van der Waals surface area contributed by atoms with Gasteiger partial charge in [-0.05, 0) is 17.7 Å². The monoisotopic (exact) mass is 385 g/mol. The van der Waals surface area contributed by atoms with Gasteiger partial charge in [-0.2, -0.15) is 0 Å². The molecule has 7 heteroatoms. The lowest BCUT2D eigenvalue weighted by Gasteiger charge is -2.29. The molecular weight excluding hydrogens is 370 g/mol. The van der Waals surface area contributed by atoms with Gasteiger partial charge in [0.2, 0.25) is 0 Å². The molecule has 4 aromatic rings. The highest BCUT2D eigenvalue weighted by atomic mass is 32.2. The van der Waals surface area contributed by atoms with Crippen LogP contribution in [-0.4, -0.2) is 26.1 Å². The number of thioether (sulfide) groups is 1. The average Bonchev–Trinajstić information content (AvgIpc) is 3.26. The maximum Gasteiger partial charge on any atom is 0.149 e. The number of nitrogens with zero attached hydrogens (tertiary/aromatic N) is 4. The van der Waals surface area contributed by atoms with Crippen LogP contribution in [0.1, 0.15) is 17.2 Å². The summed E-state index contributed by atoms with van der Waals surface area (Å²) in [5.74, 6) is 0. The number of fused-ring (bicyclic) bond motifs is 2. The first-order valence-corrected chi connectivity index (χ1v) is 9.58. The van der Waals surface area contributed by atoms with Crippen molar-refractivity contribution in [3.05, 3.63) is 90.0 Å². The van der Waals surface area contributed by atoms with Gasteiger partial charge in [-0.15, -0.1) is 10.2 Å². The third-order valence-electron chi connectivity index (χ3n) is 4.66. The molecule has 2 aromatic carbocycles.